The number of ketones is 1. The van der Waals surface area contributed by atoms with E-state index in [1.807, 2.05) is 0 Å². The molecule has 0 aliphatic carbocycles. The smallest absolute Gasteiger partial charge is 0.200 e. The summed E-state index contributed by atoms with van der Waals surface area (Å²) in [6, 6.07) is 8.49. The fraction of sp³-hybridized carbons (Fsp3) is 0.0769. The molecule has 0 amide bonds. The van der Waals surface area contributed by atoms with Gasteiger partial charge in [0.2, 0.25) is 5.69 Å². The van der Waals surface area contributed by atoms with Gasteiger partial charge in [-0.25, -0.2) is 0 Å². The van der Waals surface area contributed by atoms with Crippen LogP contribution in [-0.4, -0.2) is 16.0 Å². The molecule has 0 unspecified atom stereocenters. The number of benzene rings is 1. The minimum atomic E-state index is -0.386. The van der Waals surface area contributed by atoms with Gasteiger partial charge in [-0.3, -0.25) is 4.79 Å². The van der Waals surface area contributed by atoms with Gasteiger partial charge < -0.3 is 15.4 Å². The highest BCUT2D eigenvalue weighted by atomic mass is 16.5. The van der Waals surface area contributed by atoms with Crippen LogP contribution < -0.4 is 4.73 Å². The Bertz CT molecular complexity index is 595. The van der Waals surface area contributed by atoms with E-state index >= 15 is 0 Å². The fourth-order valence-electron chi connectivity index (χ4n) is 1.62. The molecule has 2 aromatic rings. The molecule has 0 atom stereocenters. The second-order valence-electron chi connectivity index (χ2n) is 3.82. The number of hydrogen-bond acceptors (Lipinski definition) is 4. The molecule has 0 bridgehead atoms. The maximum Gasteiger partial charge on any atom is 0.200 e. The summed E-state index contributed by atoms with van der Waals surface area (Å²) < 4.78 is 0.607. The number of carbonyl (C=O) groups excluding carboxylic acids is 1. The van der Waals surface area contributed by atoms with Crippen LogP contribution in [0.2, 0.25) is 0 Å². The Morgan fingerprint density at radius 1 is 1.22 bits per heavy atom. The highest BCUT2D eigenvalue weighted by molar-refractivity contribution is 5.99. The third-order valence-corrected chi connectivity index (χ3v) is 2.53. The van der Waals surface area contributed by atoms with Gasteiger partial charge >= 0.3 is 0 Å². The molecule has 2 rings (SSSR count). The van der Waals surface area contributed by atoms with E-state index in [-0.39, 0.29) is 29.3 Å². The zero-order valence-electron chi connectivity index (χ0n) is 9.41. The van der Waals surface area contributed by atoms with Crippen LogP contribution in [0.3, 0.4) is 0 Å². The van der Waals surface area contributed by atoms with Crippen LogP contribution in [-0.2, 0) is 6.42 Å². The Hall–Kier alpha value is -2.56. The van der Waals surface area contributed by atoms with Crippen LogP contribution in [0.1, 0.15) is 16.1 Å². The minimum absolute atomic E-state index is 0.0802. The van der Waals surface area contributed by atoms with Crippen LogP contribution in [0.5, 0.6) is 11.5 Å². The van der Waals surface area contributed by atoms with Crippen molar-refractivity contribution in [1.29, 1.82) is 0 Å². The van der Waals surface area contributed by atoms with Crippen molar-refractivity contribution in [1.82, 2.24) is 0 Å². The SMILES string of the molecule is O=C(Cc1cccc[n+]1[O-])c1ccc(O)cc1O. The Labute approximate surface area is 103 Å². The van der Waals surface area contributed by atoms with Crippen molar-refractivity contribution in [2.24, 2.45) is 0 Å². The molecule has 5 nitrogen and oxygen atoms in total. The maximum atomic E-state index is 11.9. The number of nitrogens with zero attached hydrogens (tertiary/aromatic N) is 1. The molecule has 5 heteroatoms. The van der Waals surface area contributed by atoms with Crippen LogP contribution in [0.25, 0.3) is 0 Å². The molecular weight excluding hydrogens is 234 g/mol. The van der Waals surface area contributed by atoms with Crippen LogP contribution in [0, 0.1) is 5.21 Å². The molecule has 0 aliphatic rings. The van der Waals surface area contributed by atoms with E-state index in [4.69, 9.17) is 5.11 Å². The van der Waals surface area contributed by atoms with E-state index in [1.165, 1.54) is 18.3 Å². The summed E-state index contributed by atoms with van der Waals surface area (Å²) in [5.74, 6) is -0.806. The lowest BCUT2D eigenvalue weighted by atomic mass is 10.0. The van der Waals surface area contributed by atoms with Crippen LogP contribution in [0.4, 0.5) is 0 Å². The monoisotopic (exact) mass is 245 g/mol. The highest BCUT2D eigenvalue weighted by Crippen LogP contribution is 2.23. The molecule has 0 fully saturated rings. The van der Waals surface area contributed by atoms with Gasteiger partial charge in [-0.1, -0.05) is 0 Å². The van der Waals surface area contributed by atoms with Crippen molar-refractivity contribution in [3.05, 3.63) is 59.1 Å². The van der Waals surface area contributed by atoms with Crippen LogP contribution in [0.15, 0.2) is 42.6 Å². The summed E-state index contributed by atoms with van der Waals surface area (Å²) in [5.41, 5.74) is 0.381. The number of pyridine rings is 1. The summed E-state index contributed by atoms with van der Waals surface area (Å²) in [4.78, 5) is 11.9. The van der Waals surface area contributed by atoms with Gasteiger partial charge in [0, 0.05) is 18.2 Å². The summed E-state index contributed by atoms with van der Waals surface area (Å²) in [6.07, 6.45) is 1.20. The maximum absolute atomic E-state index is 11.9. The van der Waals surface area contributed by atoms with E-state index < -0.39 is 0 Å². The van der Waals surface area contributed by atoms with Gasteiger partial charge in [-0.15, -0.1) is 0 Å². The number of phenolic OH excluding ortho intramolecular Hbond substituents is 2. The largest absolute Gasteiger partial charge is 0.618 e. The molecule has 1 heterocycles. The van der Waals surface area contributed by atoms with Gasteiger partial charge in [0.15, 0.2) is 12.0 Å². The Balaban J connectivity index is 2.25. The number of rotatable bonds is 3. The van der Waals surface area contributed by atoms with Gasteiger partial charge in [0.1, 0.15) is 11.5 Å². The first kappa shape index (κ1) is 11.9. The predicted octanol–water partition coefficient (Wildman–Crippen LogP) is 1.16. The van der Waals surface area contributed by atoms with Gasteiger partial charge in [0.05, 0.1) is 12.0 Å². The third kappa shape index (κ3) is 2.40. The lowest BCUT2D eigenvalue weighted by Crippen LogP contribution is -2.32. The molecule has 1 aromatic carbocycles. The molecule has 0 aliphatic heterocycles. The second kappa shape index (κ2) is 4.75. The van der Waals surface area contributed by atoms with Gasteiger partial charge in [0.25, 0.3) is 0 Å². The van der Waals surface area contributed by atoms with Crippen molar-refractivity contribution >= 4 is 5.78 Å². The van der Waals surface area contributed by atoms with E-state index in [1.54, 1.807) is 18.2 Å². The summed E-state index contributed by atoms with van der Waals surface area (Å²) in [5, 5.41) is 30.1. The van der Waals surface area contributed by atoms with Crippen molar-refractivity contribution < 1.29 is 19.7 Å². The van der Waals surface area contributed by atoms with E-state index in [0.29, 0.717) is 10.4 Å². The van der Waals surface area contributed by atoms with Gasteiger partial charge in [-0.05, 0) is 18.2 Å². The van der Waals surface area contributed by atoms with E-state index in [2.05, 4.69) is 0 Å². The number of phenols is 2. The minimum Gasteiger partial charge on any atom is -0.618 e. The molecule has 0 saturated heterocycles. The third-order valence-electron chi connectivity index (χ3n) is 2.53. The van der Waals surface area contributed by atoms with Crippen LogP contribution >= 0.6 is 0 Å². The first-order chi connectivity index (χ1) is 8.58. The molecule has 0 radical (unpaired) electrons. The predicted molar refractivity (Wildman–Crippen MR) is 63.2 cm³/mol. The molecular formula is C13H11NO4. The second-order valence-corrected chi connectivity index (χ2v) is 3.82. The van der Waals surface area contributed by atoms with Crippen molar-refractivity contribution in [2.75, 3.05) is 0 Å². The normalized spacial score (nSPS) is 10.2. The highest BCUT2D eigenvalue weighted by Gasteiger charge is 2.16. The number of aromatic nitrogens is 1. The summed E-state index contributed by atoms with van der Waals surface area (Å²) in [7, 11) is 0. The molecule has 0 spiro atoms. The van der Waals surface area contributed by atoms with Crippen molar-refractivity contribution in [3.8, 4) is 11.5 Å². The lowest BCUT2D eigenvalue weighted by molar-refractivity contribution is -0.613. The zero-order chi connectivity index (χ0) is 13.1. The van der Waals surface area contributed by atoms with Crippen molar-refractivity contribution in [3.63, 3.8) is 0 Å². The average Bonchev–Trinajstić information content (AvgIpc) is 2.32. The molecule has 2 N–H and O–H groups in total. The first-order valence-corrected chi connectivity index (χ1v) is 5.30. The van der Waals surface area contributed by atoms with E-state index in [0.717, 1.165) is 6.07 Å². The first-order valence-electron chi connectivity index (χ1n) is 5.30. The van der Waals surface area contributed by atoms with E-state index in [9.17, 15) is 15.1 Å². The summed E-state index contributed by atoms with van der Waals surface area (Å²) >= 11 is 0. The molecule has 92 valence electrons. The number of hydrogen-bond donors (Lipinski definition) is 2. The number of aromatic hydroxyl groups is 2. The quantitative estimate of drug-likeness (QED) is 0.482. The zero-order valence-corrected chi connectivity index (χ0v) is 9.41. The standard InChI is InChI=1S/C13H11NO4/c15-10-4-5-11(13(17)8-10)12(16)7-9-3-1-2-6-14(9)18/h1-6,8,15,17H,7H2. The van der Waals surface area contributed by atoms with Gasteiger partial charge in [-0.2, -0.15) is 4.73 Å². The molecule has 18 heavy (non-hydrogen) atoms. The summed E-state index contributed by atoms with van der Waals surface area (Å²) in [6.45, 7) is 0. The number of Topliss-reactive ketones (excluding diaryl/α,β-unsaturated/α-hetero) is 1. The Morgan fingerprint density at radius 2 is 2.00 bits per heavy atom. The average molecular weight is 245 g/mol. The van der Waals surface area contributed by atoms with Crippen molar-refractivity contribution in [2.45, 2.75) is 6.42 Å². The molecule has 1 aromatic heterocycles. The lowest BCUT2D eigenvalue weighted by Gasteiger charge is -2.05. The Kier molecular flexibility index (Phi) is 3.14. The topological polar surface area (TPSA) is 84.5 Å². The number of carbonyl (C=O) groups is 1. The fourth-order valence-corrected chi connectivity index (χ4v) is 1.62. The Morgan fingerprint density at radius 3 is 2.67 bits per heavy atom. The molecule has 0 saturated carbocycles.